The van der Waals surface area contributed by atoms with Crippen molar-refractivity contribution in [3.8, 4) is 0 Å². The first-order valence-electron chi connectivity index (χ1n) is 32.6. The zero-order valence-electron chi connectivity index (χ0n) is 50.9. The highest BCUT2D eigenvalue weighted by molar-refractivity contribution is 5.80. The highest BCUT2D eigenvalue weighted by Gasteiger charge is 2.47. The van der Waals surface area contributed by atoms with Crippen molar-refractivity contribution in [2.45, 2.75) is 314 Å². The fraction of sp³-hybridized carbons (Fsp3) is 0.739. The Morgan fingerprint density at radius 3 is 1.48 bits per heavy atom. The molecule has 80 heavy (non-hydrogen) atoms. The van der Waals surface area contributed by atoms with E-state index >= 15 is 0 Å². The smallest absolute Gasteiger partial charge is 0.306 e. The van der Waals surface area contributed by atoms with Crippen LogP contribution in [0.5, 0.6) is 0 Å². The van der Waals surface area contributed by atoms with Gasteiger partial charge in [0.2, 0.25) is 5.91 Å². The van der Waals surface area contributed by atoms with Gasteiger partial charge in [-0.1, -0.05) is 279 Å². The monoisotopic (exact) mass is 1120 g/mol. The van der Waals surface area contributed by atoms with E-state index in [1.54, 1.807) is 6.08 Å². The van der Waals surface area contributed by atoms with Crippen LogP contribution < -0.4 is 5.32 Å². The van der Waals surface area contributed by atoms with Gasteiger partial charge in [-0.15, -0.1) is 0 Å². The van der Waals surface area contributed by atoms with Gasteiger partial charge < -0.3 is 45.1 Å². The van der Waals surface area contributed by atoms with Crippen LogP contribution in [0.3, 0.4) is 0 Å². The number of carbonyl (C=O) groups is 2. The van der Waals surface area contributed by atoms with Crippen molar-refractivity contribution < 1.29 is 49.3 Å². The molecule has 1 heterocycles. The quantitative estimate of drug-likeness (QED) is 0.0149. The van der Waals surface area contributed by atoms with Gasteiger partial charge >= 0.3 is 5.97 Å². The first kappa shape index (κ1) is 74.6. The van der Waals surface area contributed by atoms with Gasteiger partial charge in [-0.05, 0) is 77.0 Å². The molecule has 1 aliphatic rings. The number of esters is 1. The second kappa shape index (κ2) is 56.1. The van der Waals surface area contributed by atoms with Gasteiger partial charge in [-0.25, -0.2) is 0 Å². The van der Waals surface area contributed by atoms with Crippen molar-refractivity contribution in [3.05, 3.63) is 97.2 Å². The molecular weight excluding hydrogens is 1000 g/mol. The minimum atomic E-state index is -1.63. The van der Waals surface area contributed by atoms with E-state index in [2.05, 4.69) is 56.5 Å². The van der Waals surface area contributed by atoms with Gasteiger partial charge in [0.25, 0.3) is 0 Å². The molecule has 0 aromatic carbocycles. The molecule has 8 unspecified atom stereocenters. The first-order chi connectivity index (χ1) is 39.2. The number of carbonyl (C=O) groups excluding carboxylic acids is 2. The Labute approximate surface area is 488 Å². The maximum atomic E-state index is 13.4. The Kier molecular flexibility index (Phi) is 52.3. The molecule has 0 saturated carbocycles. The lowest BCUT2D eigenvalue weighted by Gasteiger charge is -2.41. The van der Waals surface area contributed by atoms with E-state index in [0.29, 0.717) is 12.8 Å². The molecule has 1 amide bonds. The molecule has 6 N–H and O–H groups in total. The second-order valence-corrected chi connectivity index (χ2v) is 22.2. The molecule has 1 fully saturated rings. The van der Waals surface area contributed by atoms with E-state index < -0.39 is 67.4 Å². The summed E-state index contributed by atoms with van der Waals surface area (Å²) >= 11 is 0. The molecule has 0 aromatic heterocycles. The van der Waals surface area contributed by atoms with Crippen molar-refractivity contribution >= 4 is 11.9 Å². The van der Waals surface area contributed by atoms with Crippen LogP contribution in [0.15, 0.2) is 97.2 Å². The van der Waals surface area contributed by atoms with E-state index in [1.165, 1.54) is 148 Å². The van der Waals surface area contributed by atoms with Crippen LogP contribution in [0.1, 0.15) is 265 Å². The fourth-order valence-electron chi connectivity index (χ4n) is 9.70. The SMILES string of the molecule is CC/C=C/C=C/C=C\C=C/C=C/CCCCC(O)C(=O)NC(COC1OC(CO)C(O)C(O)C1OC(=O)CCCCCCCCCCCCCCCCC/C=C\C/C=C\CCCCC)C(O)/C=C/CCCCCCCCCCCC. The minimum Gasteiger partial charge on any atom is -0.454 e. The summed E-state index contributed by atoms with van der Waals surface area (Å²) in [5.41, 5.74) is 0. The topological polar surface area (TPSA) is 175 Å². The van der Waals surface area contributed by atoms with Crippen LogP contribution in [0.2, 0.25) is 0 Å². The normalized spacial score (nSPS) is 19.4. The Bertz CT molecular complexity index is 1670. The fourth-order valence-corrected chi connectivity index (χ4v) is 9.70. The number of allylic oxidation sites excluding steroid dienone is 15. The number of nitrogens with one attached hydrogen (secondary N) is 1. The van der Waals surface area contributed by atoms with Crippen molar-refractivity contribution in [3.63, 3.8) is 0 Å². The lowest BCUT2D eigenvalue weighted by molar-refractivity contribution is -0.305. The van der Waals surface area contributed by atoms with Crippen LogP contribution in [-0.4, -0.2) is 99.6 Å². The molecule has 0 aliphatic carbocycles. The Morgan fingerprint density at radius 2 is 0.950 bits per heavy atom. The van der Waals surface area contributed by atoms with Crippen molar-refractivity contribution in [2.75, 3.05) is 13.2 Å². The average Bonchev–Trinajstić information content (AvgIpc) is 3.46. The number of amides is 1. The Balaban J connectivity index is 2.61. The number of rotatable bonds is 54. The highest BCUT2D eigenvalue weighted by Crippen LogP contribution is 2.26. The summed E-state index contributed by atoms with van der Waals surface area (Å²) < 4.78 is 17.6. The molecule has 460 valence electrons. The molecule has 8 atom stereocenters. The van der Waals surface area contributed by atoms with Crippen LogP contribution >= 0.6 is 0 Å². The van der Waals surface area contributed by atoms with Crippen LogP contribution in [-0.2, 0) is 23.8 Å². The van der Waals surface area contributed by atoms with Crippen LogP contribution in [0, 0.1) is 0 Å². The van der Waals surface area contributed by atoms with Gasteiger partial charge in [-0.3, -0.25) is 9.59 Å². The van der Waals surface area contributed by atoms with Crippen molar-refractivity contribution in [2.24, 2.45) is 0 Å². The van der Waals surface area contributed by atoms with E-state index in [0.717, 1.165) is 70.6 Å². The van der Waals surface area contributed by atoms with Gasteiger partial charge in [0.1, 0.15) is 24.4 Å². The summed E-state index contributed by atoms with van der Waals surface area (Å²) in [5.74, 6) is -1.24. The molecule has 0 bridgehead atoms. The summed E-state index contributed by atoms with van der Waals surface area (Å²) in [4.78, 5) is 26.6. The summed E-state index contributed by atoms with van der Waals surface area (Å²) in [6, 6.07) is -1.05. The highest BCUT2D eigenvalue weighted by atomic mass is 16.7. The molecule has 1 rings (SSSR count). The summed E-state index contributed by atoms with van der Waals surface area (Å²) in [6.07, 6.45) is 64.6. The van der Waals surface area contributed by atoms with E-state index in [-0.39, 0.29) is 19.4 Å². The second-order valence-electron chi connectivity index (χ2n) is 22.2. The average molecular weight is 1120 g/mol. The van der Waals surface area contributed by atoms with Gasteiger partial charge in [0, 0.05) is 6.42 Å². The number of aliphatic hydroxyl groups excluding tert-OH is 5. The summed E-state index contributed by atoms with van der Waals surface area (Å²) in [7, 11) is 0. The molecule has 11 heteroatoms. The Morgan fingerprint density at radius 1 is 0.512 bits per heavy atom. The third-order valence-electron chi connectivity index (χ3n) is 14.8. The number of aliphatic hydroxyl groups is 5. The van der Waals surface area contributed by atoms with E-state index in [9.17, 15) is 35.1 Å². The molecule has 0 spiro atoms. The van der Waals surface area contributed by atoms with E-state index in [1.807, 2.05) is 60.8 Å². The number of hydrogen-bond donors (Lipinski definition) is 6. The van der Waals surface area contributed by atoms with Gasteiger partial charge in [0.15, 0.2) is 12.4 Å². The first-order valence-corrected chi connectivity index (χ1v) is 32.6. The molecule has 0 aromatic rings. The van der Waals surface area contributed by atoms with Gasteiger partial charge in [-0.2, -0.15) is 0 Å². The molecule has 1 aliphatic heterocycles. The zero-order chi connectivity index (χ0) is 58.2. The van der Waals surface area contributed by atoms with Crippen molar-refractivity contribution in [1.29, 1.82) is 0 Å². The molecule has 0 radical (unpaired) electrons. The predicted molar refractivity (Wildman–Crippen MR) is 333 cm³/mol. The molecular formula is C69H119NO10. The minimum absolute atomic E-state index is 0.114. The number of ether oxygens (including phenoxy) is 3. The standard InChI is InChI=1S/C69H119NO10/c1-4-7-10-13-16-19-22-25-27-28-29-30-31-32-33-34-35-36-37-39-42-45-48-51-54-57-64(74)80-67-66(76)65(75)63(58-71)79-69(67)78-59-60(61(72)55-52-49-46-43-40-24-21-18-15-12-9-6-3)70-68(77)62(73)56-53-50-47-44-41-38-26-23-20-17-14-11-8-5-2/h8,11,14,16-17,19-20,23,25-27,38,41,44,52,55,60-63,65-67,69,71-73,75-76H,4-7,9-10,12-13,15,18,21-22,24,28-37,39-40,42-43,45-51,53-54,56-59H2,1-3H3,(H,70,77)/b11-8+,17-14+,19-16-,23-20-,27-25-,38-26-,44-41+,55-52+. The summed E-state index contributed by atoms with van der Waals surface area (Å²) in [5, 5.41) is 57.0. The lowest BCUT2D eigenvalue weighted by Crippen LogP contribution is -2.61. The maximum absolute atomic E-state index is 13.4. The van der Waals surface area contributed by atoms with Crippen LogP contribution in [0.25, 0.3) is 0 Å². The third kappa shape index (κ3) is 43.3. The third-order valence-corrected chi connectivity index (χ3v) is 14.8. The predicted octanol–water partition coefficient (Wildman–Crippen LogP) is 15.9. The Hall–Kier alpha value is -3.42. The number of hydrogen-bond acceptors (Lipinski definition) is 10. The van der Waals surface area contributed by atoms with Crippen molar-refractivity contribution in [1.82, 2.24) is 5.32 Å². The van der Waals surface area contributed by atoms with Gasteiger partial charge in [0.05, 0.1) is 25.4 Å². The van der Waals surface area contributed by atoms with E-state index in [4.69, 9.17) is 14.2 Å². The maximum Gasteiger partial charge on any atom is 0.306 e. The number of unbranched alkanes of at least 4 members (excludes halogenated alkanes) is 30. The summed E-state index contributed by atoms with van der Waals surface area (Å²) in [6.45, 7) is 5.59. The zero-order valence-corrected chi connectivity index (χ0v) is 50.9. The lowest BCUT2D eigenvalue weighted by atomic mass is 9.99. The largest absolute Gasteiger partial charge is 0.454 e. The van der Waals surface area contributed by atoms with Crippen LogP contribution in [0.4, 0.5) is 0 Å². The molecule has 1 saturated heterocycles. The molecule has 11 nitrogen and oxygen atoms in total.